The Hall–Kier alpha value is -0.0900. The van der Waals surface area contributed by atoms with Gasteiger partial charge < -0.3 is 25.4 Å². The summed E-state index contributed by atoms with van der Waals surface area (Å²) in [6.45, 7) is 4.86. The molecule has 3 unspecified atom stereocenters. The Morgan fingerprint density at radius 3 is 2.34 bits per heavy atom. The number of likely N-dealkylation sites (tertiary alicyclic amines) is 1. The highest BCUT2D eigenvalue weighted by molar-refractivity contribution is 7.99. The molecule has 0 saturated carbocycles. The number of halogens is 1. The van der Waals surface area contributed by atoms with E-state index in [4.69, 9.17) is 16.3 Å². The first kappa shape index (κ1) is 31.1. The molecule has 2 fully saturated rings. The zero-order valence-electron chi connectivity index (χ0n) is 22.1. The molecule has 206 valence electrons. The van der Waals surface area contributed by atoms with E-state index in [2.05, 4.69) is 17.1 Å². The molecule has 9 heteroatoms. The SMILES string of the molecule is CCCCCCCCC[C@H]1CC[C@@H](C(=O)N[C@H]([C@H](C)Cl)[C@H]2OC(SC)[C@H](O)C(O)C2O)N(C)CC1. The molecule has 0 spiro atoms. The molecule has 0 radical (unpaired) electrons. The van der Waals surface area contributed by atoms with Crippen LogP contribution in [0.3, 0.4) is 0 Å². The lowest BCUT2D eigenvalue weighted by Gasteiger charge is -2.44. The van der Waals surface area contributed by atoms with Crippen molar-refractivity contribution < 1.29 is 24.9 Å². The number of thioether (sulfide) groups is 1. The fraction of sp³-hybridized carbons (Fsp3) is 0.962. The van der Waals surface area contributed by atoms with E-state index in [0.717, 1.165) is 25.8 Å². The first-order valence-electron chi connectivity index (χ1n) is 13.6. The summed E-state index contributed by atoms with van der Waals surface area (Å²) >= 11 is 7.68. The van der Waals surface area contributed by atoms with E-state index >= 15 is 0 Å². The van der Waals surface area contributed by atoms with Gasteiger partial charge >= 0.3 is 0 Å². The van der Waals surface area contributed by atoms with Crippen LogP contribution < -0.4 is 5.32 Å². The van der Waals surface area contributed by atoms with E-state index in [-0.39, 0.29) is 11.9 Å². The molecule has 0 aromatic carbocycles. The van der Waals surface area contributed by atoms with Crippen molar-refractivity contribution in [2.24, 2.45) is 5.92 Å². The van der Waals surface area contributed by atoms with Gasteiger partial charge in [0.2, 0.25) is 5.91 Å². The molecule has 2 rings (SSSR count). The number of hydrogen-bond donors (Lipinski definition) is 4. The lowest BCUT2D eigenvalue weighted by molar-refractivity contribution is -0.205. The van der Waals surface area contributed by atoms with Gasteiger partial charge in [-0.1, -0.05) is 58.3 Å². The highest BCUT2D eigenvalue weighted by atomic mass is 35.5. The molecule has 9 atom stereocenters. The maximum atomic E-state index is 13.3. The van der Waals surface area contributed by atoms with E-state index in [1.54, 1.807) is 13.2 Å². The number of ether oxygens (including phenoxy) is 1. The number of unbranched alkanes of at least 4 members (excludes halogenated alkanes) is 6. The molecule has 35 heavy (non-hydrogen) atoms. The number of carbonyl (C=O) groups excluding carboxylic acids is 1. The van der Waals surface area contributed by atoms with Crippen LogP contribution in [0.2, 0.25) is 0 Å². The third-order valence-electron chi connectivity index (χ3n) is 7.79. The van der Waals surface area contributed by atoms with Crippen LogP contribution in [0.1, 0.15) is 84.5 Å². The number of alkyl halides is 1. The minimum atomic E-state index is -1.37. The topological polar surface area (TPSA) is 102 Å². The zero-order valence-corrected chi connectivity index (χ0v) is 23.6. The number of rotatable bonds is 13. The number of nitrogens with one attached hydrogen (secondary N) is 1. The summed E-state index contributed by atoms with van der Waals surface area (Å²) in [4.78, 5) is 15.5. The van der Waals surface area contributed by atoms with Crippen molar-refractivity contribution in [1.82, 2.24) is 10.2 Å². The van der Waals surface area contributed by atoms with Gasteiger partial charge in [0.25, 0.3) is 0 Å². The first-order chi connectivity index (χ1) is 16.7. The fourth-order valence-corrected chi connectivity index (χ4v) is 6.28. The van der Waals surface area contributed by atoms with Gasteiger partial charge in [-0.2, -0.15) is 0 Å². The lowest BCUT2D eigenvalue weighted by atomic mass is 9.92. The molecule has 2 heterocycles. The number of aliphatic hydroxyl groups excluding tert-OH is 3. The average Bonchev–Trinajstić information content (AvgIpc) is 3.02. The lowest BCUT2D eigenvalue weighted by Crippen LogP contribution is -2.65. The number of hydrogen-bond acceptors (Lipinski definition) is 7. The van der Waals surface area contributed by atoms with E-state index in [1.165, 1.54) is 63.1 Å². The Labute approximate surface area is 221 Å². The van der Waals surface area contributed by atoms with Crippen molar-refractivity contribution in [1.29, 1.82) is 0 Å². The van der Waals surface area contributed by atoms with Crippen LogP contribution >= 0.6 is 23.4 Å². The van der Waals surface area contributed by atoms with Gasteiger partial charge in [0, 0.05) is 0 Å². The summed E-state index contributed by atoms with van der Waals surface area (Å²) < 4.78 is 5.89. The molecular weight excluding hydrogens is 488 g/mol. The second kappa shape index (κ2) is 16.0. The number of carbonyl (C=O) groups is 1. The predicted octanol–water partition coefficient (Wildman–Crippen LogP) is 3.51. The summed E-state index contributed by atoms with van der Waals surface area (Å²) in [5.41, 5.74) is -0.707. The quantitative estimate of drug-likeness (QED) is 0.211. The minimum Gasteiger partial charge on any atom is -0.388 e. The first-order valence-corrected chi connectivity index (χ1v) is 15.3. The van der Waals surface area contributed by atoms with Gasteiger partial charge in [0.15, 0.2) is 0 Å². The van der Waals surface area contributed by atoms with Crippen LogP contribution in [0.25, 0.3) is 0 Å². The second-order valence-corrected chi connectivity index (χ2v) is 12.2. The van der Waals surface area contributed by atoms with Crippen molar-refractivity contribution >= 4 is 29.3 Å². The molecule has 0 aliphatic carbocycles. The third kappa shape index (κ3) is 9.31. The summed E-state index contributed by atoms with van der Waals surface area (Å²) in [6.07, 6.45) is 10.3. The van der Waals surface area contributed by atoms with Crippen LogP contribution in [0.4, 0.5) is 0 Å². The van der Waals surface area contributed by atoms with Gasteiger partial charge in [-0.3, -0.25) is 9.69 Å². The number of aliphatic hydroxyl groups is 3. The summed E-state index contributed by atoms with van der Waals surface area (Å²) in [6, 6.07) is -0.962. The minimum absolute atomic E-state index is 0.126. The van der Waals surface area contributed by atoms with Crippen molar-refractivity contribution in [2.45, 2.75) is 132 Å². The molecule has 2 aliphatic heterocycles. The van der Waals surface area contributed by atoms with E-state index in [1.807, 2.05) is 7.05 Å². The summed E-state index contributed by atoms with van der Waals surface area (Å²) in [5, 5.41) is 33.6. The van der Waals surface area contributed by atoms with Crippen LogP contribution in [0, 0.1) is 5.92 Å². The van der Waals surface area contributed by atoms with E-state index < -0.39 is 41.3 Å². The Balaban J connectivity index is 1.90. The maximum absolute atomic E-state index is 13.3. The van der Waals surface area contributed by atoms with Gasteiger partial charge in [0.05, 0.1) is 17.5 Å². The monoisotopic (exact) mass is 536 g/mol. The summed E-state index contributed by atoms with van der Waals surface area (Å²) in [7, 11) is 2.00. The van der Waals surface area contributed by atoms with Crippen molar-refractivity contribution in [2.75, 3.05) is 19.8 Å². The van der Waals surface area contributed by atoms with Crippen molar-refractivity contribution in [3.63, 3.8) is 0 Å². The Bertz CT molecular complexity index is 614. The normalized spacial score (nSPS) is 34.2. The van der Waals surface area contributed by atoms with Crippen LogP contribution in [0.5, 0.6) is 0 Å². The molecule has 7 nitrogen and oxygen atoms in total. The molecule has 2 aliphatic rings. The van der Waals surface area contributed by atoms with Gasteiger partial charge in [-0.05, 0) is 52.0 Å². The van der Waals surface area contributed by atoms with Crippen molar-refractivity contribution in [3.8, 4) is 0 Å². The van der Waals surface area contributed by atoms with E-state index in [0.29, 0.717) is 5.92 Å². The number of nitrogens with zero attached hydrogens (tertiary/aromatic N) is 1. The van der Waals surface area contributed by atoms with Crippen molar-refractivity contribution in [3.05, 3.63) is 0 Å². The standard InChI is InChI=1S/C26H49ClN2O5S/c1-5-6-7-8-9-10-11-12-18-13-14-19(29(3)16-15-18)25(33)28-20(17(2)27)24-22(31)21(30)23(32)26(34-24)35-4/h17-24,26,30-32H,5-16H2,1-4H3,(H,28,33)/t17-,18-,19-,20+,21?,22?,23+,24+,26?/m0/s1. The molecule has 0 aromatic heterocycles. The molecule has 2 saturated heterocycles. The Morgan fingerprint density at radius 2 is 1.71 bits per heavy atom. The summed E-state index contributed by atoms with van der Waals surface area (Å²) in [5.74, 6) is 0.523. The smallest absolute Gasteiger partial charge is 0.237 e. The highest BCUT2D eigenvalue weighted by Gasteiger charge is 2.48. The van der Waals surface area contributed by atoms with E-state index in [9.17, 15) is 20.1 Å². The largest absolute Gasteiger partial charge is 0.388 e. The predicted molar refractivity (Wildman–Crippen MR) is 144 cm³/mol. The Kier molecular flexibility index (Phi) is 14.2. The maximum Gasteiger partial charge on any atom is 0.237 e. The molecule has 0 aromatic rings. The van der Waals surface area contributed by atoms with Gasteiger partial charge in [-0.15, -0.1) is 23.4 Å². The number of amides is 1. The zero-order chi connectivity index (χ0) is 26.0. The van der Waals surface area contributed by atoms with Crippen LogP contribution in [-0.2, 0) is 9.53 Å². The molecule has 0 bridgehead atoms. The molecule has 4 N–H and O–H groups in total. The Morgan fingerprint density at radius 1 is 1.06 bits per heavy atom. The van der Waals surface area contributed by atoms with Gasteiger partial charge in [0.1, 0.15) is 29.9 Å². The molecular formula is C26H49ClN2O5S. The van der Waals surface area contributed by atoms with Gasteiger partial charge in [-0.25, -0.2) is 0 Å². The average molecular weight is 537 g/mol. The third-order valence-corrected chi connectivity index (χ3v) is 8.91. The second-order valence-electron chi connectivity index (χ2n) is 10.5. The highest BCUT2D eigenvalue weighted by Crippen LogP contribution is 2.31. The van der Waals surface area contributed by atoms with Crippen LogP contribution in [0.15, 0.2) is 0 Å². The fourth-order valence-electron chi connectivity index (χ4n) is 5.39. The van der Waals surface area contributed by atoms with Crippen LogP contribution in [-0.4, -0.2) is 93.3 Å². The molecule has 1 amide bonds. The number of likely N-dealkylation sites (N-methyl/N-ethyl adjacent to an activating group) is 1.